The smallest absolute Gasteiger partial charge is 0.108 e. The predicted molar refractivity (Wildman–Crippen MR) is 22.5 cm³/mol. The van der Waals surface area contributed by atoms with Crippen LogP contribution in [0.2, 0.25) is 0 Å². The van der Waals surface area contributed by atoms with Crippen molar-refractivity contribution in [2.24, 2.45) is 0 Å². The molecule has 0 amide bonds. The third-order valence-corrected chi connectivity index (χ3v) is 0.878. The van der Waals surface area contributed by atoms with Crippen LogP contribution >= 0.6 is 0 Å². The Balaban J connectivity index is 2.12. The number of hydrogen-bond acceptors (Lipinski definition) is 3. The molecular formula is C4H8O3. The van der Waals surface area contributed by atoms with Gasteiger partial charge in [0.2, 0.25) is 0 Å². The summed E-state index contributed by atoms with van der Waals surface area (Å²) in [5.74, 6) is 0. The Morgan fingerprint density at radius 3 is 2.57 bits per heavy atom. The topological polar surface area (TPSA) is 38.7 Å². The van der Waals surface area contributed by atoms with E-state index in [1.54, 1.807) is 0 Å². The Labute approximate surface area is 41.8 Å². The van der Waals surface area contributed by atoms with Crippen LogP contribution in [-0.4, -0.2) is 24.4 Å². The number of rotatable bonds is 0. The van der Waals surface area contributed by atoms with Crippen molar-refractivity contribution in [2.45, 2.75) is 12.5 Å². The van der Waals surface area contributed by atoms with Gasteiger partial charge in [-0.2, -0.15) is 0 Å². The average Bonchev–Trinajstić information content (AvgIpc) is 1.69. The molecule has 1 saturated heterocycles. The highest BCUT2D eigenvalue weighted by molar-refractivity contribution is 4.52. The van der Waals surface area contributed by atoms with Gasteiger partial charge in [0.05, 0.1) is 12.7 Å². The van der Waals surface area contributed by atoms with Crippen LogP contribution < -0.4 is 0 Å². The van der Waals surface area contributed by atoms with Gasteiger partial charge in [0.1, 0.15) is 6.61 Å². The minimum absolute atomic E-state index is 0.311. The van der Waals surface area contributed by atoms with Gasteiger partial charge in [0.15, 0.2) is 0 Å². The molecule has 0 aliphatic carbocycles. The second kappa shape index (κ2) is 2.26. The molecule has 1 rings (SSSR count). The van der Waals surface area contributed by atoms with Crippen LogP contribution in [0.25, 0.3) is 0 Å². The summed E-state index contributed by atoms with van der Waals surface area (Å²) in [6.07, 6.45) is 0.383. The molecule has 3 nitrogen and oxygen atoms in total. The maximum atomic E-state index is 8.70. The lowest BCUT2D eigenvalue weighted by molar-refractivity contribution is -0.329. The molecule has 0 saturated carbocycles. The molecule has 1 N–H and O–H groups in total. The summed E-state index contributed by atoms with van der Waals surface area (Å²) in [4.78, 5) is 8.91. The first kappa shape index (κ1) is 5.03. The van der Waals surface area contributed by atoms with E-state index in [-0.39, 0.29) is 6.10 Å². The van der Waals surface area contributed by atoms with Crippen LogP contribution in [0.1, 0.15) is 6.42 Å². The summed E-state index contributed by atoms with van der Waals surface area (Å²) in [6.45, 7) is 0.834. The summed E-state index contributed by atoms with van der Waals surface area (Å²) >= 11 is 0. The van der Waals surface area contributed by atoms with Crippen LogP contribution in [-0.2, 0) is 9.78 Å². The van der Waals surface area contributed by atoms with Crippen molar-refractivity contribution in [3.63, 3.8) is 0 Å². The first-order valence-electron chi connectivity index (χ1n) is 2.32. The molecule has 1 heterocycles. The molecule has 0 bridgehead atoms. The van der Waals surface area contributed by atoms with Gasteiger partial charge in [0.25, 0.3) is 0 Å². The van der Waals surface area contributed by atoms with Gasteiger partial charge in [-0.3, -0.25) is 0 Å². The molecule has 7 heavy (non-hydrogen) atoms. The van der Waals surface area contributed by atoms with Gasteiger partial charge in [-0.1, -0.05) is 0 Å². The lowest BCUT2D eigenvalue weighted by Gasteiger charge is -2.14. The van der Waals surface area contributed by atoms with E-state index in [0.717, 1.165) is 0 Å². The van der Waals surface area contributed by atoms with Gasteiger partial charge in [0, 0.05) is 6.42 Å². The SMILES string of the molecule is OC1CCOOC1. The van der Waals surface area contributed by atoms with Crippen molar-refractivity contribution >= 4 is 0 Å². The first-order chi connectivity index (χ1) is 3.39. The summed E-state index contributed by atoms with van der Waals surface area (Å²) in [5, 5.41) is 8.70. The van der Waals surface area contributed by atoms with Crippen LogP contribution in [0.4, 0.5) is 0 Å². The van der Waals surface area contributed by atoms with E-state index < -0.39 is 0 Å². The highest BCUT2D eigenvalue weighted by Crippen LogP contribution is 1.99. The van der Waals surface area contributed by atoms with Crippen molar-refractivity contribution in [1.82, 2.24) is 0 Å². The second-order valence-electron chi connectivity index (χ2n) is 1.55. The highest BCUT2D eigenvalue weighted by atomic mass is 17.2. The molecule has 0 aromatic heterocycles. The predicted octanol–water partition coefficient (Wildman–Crippen LogP) is -0.301. The van der Waals surface area contributed by atoms with Gasteiger partial charge >= 0.3 is 0 Å². The molecule has 42 valence electrons. The van der Waals surface area contributed by atoms with E-state index in [4.69, 9.17) is 5.11 Å². The zero-order chi connectivity index (χ0) is 5.11. The van der Waals surface area contributed by atoms with Crippen molar-refractivity contribution in [3.05, 3.63) is 0 Å². The van der Waals surface area contributed by atoms with Crippen LogP contribution in [0.15, 0.2) is 0 Å². The Hall–Kier alpha value is -0.120. The number of aliphatic hydroxyl groups excluding tert-OH is 1. The molecule has 3 heteroatoms. The molecule has 0 radical (unpaired) electrons. The van der Waals surface area contributed by atoms with Crippen LogP contribution in [0.3, 0.4) is 0 Å². The zero-order valence-corrected chi connectivity index (χ0v) is 3.96. The molecule has 1 unspecified atom stereocenters. The van der Waals surface area contributed by atoms with Crippen LogP contribution in [0, 0.1) is 0 Å². The molecule has 0 aromatic rings. The van der Waals surface area contributed by atoms with Gasteiger partial charge in [-0.05, 0) is 0 Å². The van der Waals surface area contributed by atoms with E-state index in [1.165, 1.54) is 0 Å². The lowest BCUT2D eigenvalue weighted by Crippen LogP contribution is -2.23. The molecular weight excluding hydrogens is 96.0 g/mol. The Morgan fingerprint density at radius 1 is 1.43 bits per heavy atom. The van der Waals surface area contributed by atoms with Crippen molar-refractivity contribution in [2.75, 3.05) is 13.2 Å². The van der Waals surface area contributed by atoms with Crippen molar-refractivity contribution < 1.29 is 14.9 Å². The quantitative estimate of drug-likeness (QED) is 0.429. The summed E-state index contributed by atoms with van der Waals surface area (Å²) in [7, 11) is 0. The molecule has 1 fully saturated rings. The largest absolute Gasteiger partial charge is 0.391 e. The minimum Gasteiger partial charge on any atom is -0.391 e. The first-order valence-corrected chi connectivity index (χ1v) is 2.32. The maximum Gasteiger partial charge on any atom is 0.108 e. The van der Waals surface area contributed by atoms with Gasteiger partial charge in [-0.25, -0.2) is 9.78 Å². The molecule has 0 spiro atoms. The van der Waals surface area contributed by atoms with E-state index in [2.05, 4.69) is 9.78 Å². The average molecular weight is 104 g/mol. The van der Waals surface area contributed by atoms with Crippen LogP contribution in [0.5, 0.6) is 0 Å². The van der Waals surface area contributed by atoms with Gasteiger partial charge in [-0.15, -0.1) is 0 Å². The van der Waals surface area contributed by atoms with E-state index >= 15 is 0 Å². The Morgan fingerprint density at radius 2 is 2.29 bits per heavy atom. The molecule has 1 atom stereocenters. The normalized spacial score (nSPS) is 33.0. The highest BCUT2D eigenvalue weighted by Gasteiger charge is 2.09. The monoisotopic (exact) mass is 104 g/mol. The van der Waals surface area contributed by atoms with E-state index in [1.807, 2.05) is 0 Å². The fraction of sp³-hybridized carbons (Fsp3) is 1.00. The maximum absolute atomic E-state index is 8.70. The third kappa shape index (κ3) is 1.43. The third-order valence-electron chi connectivity index (χ3n) is 0.878. The van der Waals surface area contributed by atoms with Crippen molar-refractivity contribution in [3.8, 4) is 0 Å². The molecule has 0 aromatic carbocycles. The number of hydrogen-bond donors (Lipinski definition) is 1. The summed E-state index contributed by atoms with van der Waals surface area (Å²) in [5.41, 5.74) is 0. The molecule has 1 aliphatic rings. The Bertz CT molecular complexity index is 48.9. The summed E-state index contributed by atoms with van der Waals surface area (Å²) in [6, 6.07) is 0. The van der Waals surface area contributed by atoms with Gasteiger partial charge < -0.3 is 5.11 Å². The fourth-order valence-corrected chi connectivity index (χ4v) is 0.453. The minimum atomic E-state index is -0.311. The van der Waals surface area contributed by atoms with Crippen molar-refractivity contribution in [1.29, 1.82) is 0 Å². The Kier molecular flexibility index (Phi) is 1.62. The van der Waals surface area contributed by atoms with E-state index in [9.17, 15) is 0 Å². The zero-order valence-electron chi connectivity index (χ0n) is 3.96. The second-order valence-corrected chi connectivity index (χ2v) is 1.55. The van der Waals surface area contributed by atoms with E-state index in [0.29, 0.717) is 19.6 Å². The summed E-state index contributed by atoms with van der Waals surface area (Å²) < 4.78 is 0. The lowest BCUT2D eigenvalue weighted by atomic mass is 10.3. The standard InChI is InChI=1S/C4H8O3/c5-4-1-2-6-7-3-4/h4-5H,1-3H2. The number of aliphatic hydroxyl groups is 1. The molecule has 1 aliphatic heterocycles. The fourth-order valence-electron chi connectivity index (χ4n) is 0.453.